The highest BCUT2D eigenvalue weighted by Crippen LogP contribution is 2.23. The summed E-state index contributed by atoms with van der Waals surface area (Å²) in [4.78, 5) is 2.41. The van der Waals surface area contributed by atoms with E-state index in [4.69, 9.17) is 5.73 Å². The zero-order valence-corrected chi connectivity index (χ0v) is 10.4. The molecule has 3 heteroatoms. The Balaban J connectivity index is 2.01. The molecule has 1 saturated heterocycles. The fraction of sp³-hybridized carbons (Fsp3) is 0.571. The van der Waals surface area contributed by atoms with Gasteiger partial charge in [0.05, 0.1) is 0 Å². The Labute approximate surface area is 103 Å². The molecule has 2 N–H and O–H groups in total. The first-order valence-electron chi connectivity index (χ1n) is 6.37. The summed E-state index contributed by atoms with van der Waals surface area (Å²) in [5.74, 6) is 0.447. The van der Waals surface area contributed by atoms with Gasteiger partial charge >= 0.3 is 0 Å². The molecule has 17 heavy (non-hydrogen) atoms. The van der Waals surface area contributed by atoms with E-state index in [1.165, 1.54) is 18.9 Å². The van der Waals surface area contributed by atoms with Crippen molar-refractivity contribution in [2.24, 2.45) is 11.7 Å². The summed E-state index contributed by atoms with van der Waals surface area (Å²) in [6.07, 6.45) is 2.41. The number of benzene rings is 1. The van der Waals surface area contributed by atoms with Gasteiger partial charge in [-0.25, -0.2) is 4.39 Å². The number of hydrogen-bond donors (Lipinski definition) is 1. The van der Waals surface area contributed by atoms with Crippen LogP contribution >= 0.6 is 0 Å². The van der Waals surface area contributed by atoms with Crippen LogP contribution in [0.15, 0.2) is 24.3 Å². The molecule has 2 unspecified atom stereocenters. The van der Waals surface area contributed by atoms with E-state index in [-0.39, 0.29) is 5.82 Å². The number of nitrogens with two attached hydrogens (primary N) is 1. The maximum atomic E-state index is 13.1. The molecule has 1 aliphatic heterocycles. The van der Waals surface area contributed by atoms with Crippen LogP contribution in [-0.2, 0) is 6.54 Å². The molecule has 0 spiro atoms. The Morgan fingerprint density at radius 1 is 1.41 bits per heavy atom. The van der Waals surface area contributed by atoms with E-state index in [9.17, 15) is 4.39 Å². The van der Waals surface area contributed by atoms with E-state index in [1.54, 1.807) is 12.1 Å². The lowest BCUT2D eigenvalue weighted by Crippen LogP contribution is -2.43. The molecule has 2 rings (SSSR count). The van der Waals surface area contributed by atoms with Gasteiger partial charge in [-0.1, -0.05) is 12.1 Å². The standard InChI is InChI=1S/C14H21FN2/c1-11-5-6-13(8-16)10-17(11)9-12-3-2-4-14(15)7-12/h2-4,7,11,13H,5-6,8-10,16H2,1H3. The van der Waals surface area contributed by atoms with E-state index >= 15 is 0 Å². The highest BCUT2D eigenvalue weighted by molar-refractivity contribution is 5.16. The Bertz CT molecular complexity index is 367. The zero-order chi connectivity index (χ0) is 12.3. The van der Waals surface area contributed by atoms with E-state index in [1.807, 2.05) is 6.07 Å². The topological polar surface area (TPSA) is 29.3 Å². The molecule has 1 aliphatic rings. The van der Waals surface area contributed by atoms with Crippen LogP contribution in [0.3, 0.4) is 0 Å². The molecular formula is C14H21FN2. The van der Waals surface area contributed by atoms with Gasteiger partial charge in [-0.3, -0.25) is 4.90 Å². The van der Waals surface area contributed by atoms with Crippen LogP contribution in [-0.4, -0.2) is 24.0 Å². The van der Waals surface area contributed by atoms with Crippen LogP contribution in [0.2, 0.25) is 0 Å². The summed E-state index contributed by atoms with van der Waals surface area (Å²) in [5.41, 5.74) is 6.79. The first-order valence-corrected chi connectivity index (χ1v) is 6.37. The van der Waals surface area contributed by atoms with E-state index < -0.39 is 0 Å². The Morgan fingerprint density at radius 3 is 2.94 bits per heavy atom. The third-order valence-electron chi connectivity index (χ3n) is 3.72. The number of piperidine rings is 1. The van der Waals surface area contributed by atoms with E-state index in [0.29, 0.717) is 12.0 Å². The molecule has 0 bridgehead atoms. The number of nitrogens with zero attached hydrogens (tertiary/aromatic N) is 1. The van der Waals surface area contributed by atoms with Crippen LogP contribution in [0.4, 0.5) is 4.39 Å². The predicted molar refractivity (Wildman–Crippen MR) is 68.1 cm³/mol. The van der Waals surface area contributed by atoms with Crippen molar-refractivity contribution in [2.45, 2.75) is 32.4 Å². The van der Waals surface area contributed by atoms with Gasteiger partial charge in [-0.15, -0.1) is 0 Å². The van der Waals surface area contributed by atoms with Crippen LogP contribution in [0.1, 0.15) is 25.3 Å². The van der Waals surface area contributed by atoms with Crippen molar-refractivity contribution in [3.8, 4) is 0 Å². The van der Waals surface area contributed by atoms with Gasteiger partial charge in [0.1, 0.15) is 5.82 Å². The zero-order valence-electron chi connectivity index (χ0n) is 10.4. The molecule has 1 aromatic carbocycles. The highest BCUT2D eigenvalue weighted by atomic mass is 19.1. The lowest BCUT2D eigenvalue weighted by molar-refractivity contribution is 0.113. The minimum Gasteiger partial charge on any atom is -0.330 e. The monoisotopic (exact) mass is 236 g/mol. The first-order chi connectivity index (χ1) is 8.19. The number of hydrogen-bond acceptors (Lipinski definition) is 2. The van der Waals surface area contributed by atoms with Gasteiger partial charge in [0.2, 0.25) is 0 Å². The van der Waals surface area contributed by atoms with Gasteiger partial charge in [0.15, 0.2) is 0 Å². The predicted octanol–water partition coefficient (Wildman–Crippen LogP) is 2.38. The number of halogens is 1. The SMILES string of the molecule is CC1CCC(CN)CN1Cc1cccc(F)c1. The average Bonchev–Trinajstić information content (AvgIpc) is 2.32. The fourth-order valence-electron chi connectivity index (χ4n) is 2.54. The molecule has 0 aromatic heterocycles. The van der Waals surface area contributed by atoms with Crippen molar-refractivity contribution in [1.29, 1.82) is 0 Å². The van der Waals surface area contributed by atoms with Crippen molar-refractivity contribution in [3.63, 3.8) is 0 Å². The van der Waals surface area contributed by atoms with Crippen LogP contribution in [0.5, 0.6) is 0 Å². The molecular weight excluding hydrogens is 215 g/mol. The van der Waals surface area contributed by atoms with Crippen molar-refractivity contribution in [2.75, 3.05) is 13.1 Å². The summed E-state index contributed by atoms with van der Waals surface area (Å²) >= 11 is 0. The van der Waals surface area contributed by atoms with Gasteiger partial charge < -0.3 is 5.73 Å². The number of rotatable bonds is 3. The van der Waals surface area contributed by atoms with Crippen molar-refractivity contribution >= 4 is 0 Å². The van der Waals surface area contributed by atoms with Crippen LogP contribution < -0.4 is 5.73 Å². The fourth-order valence-corrected chi connectivity index (χ4v) is 2.54. The molecule has 1 fully saturated rings. The molecule has 1 heterocycles. The van der Waals surface area contributed by atoms with Crippen molar-refractivity contribution < 1.29 is 4.39 Å². The molecule has 0 amide bonds. The Hall–Kier alpha value is -0.930. The minimum absolute atomic E-state index is 0.150. The number of likely N-dealkylation sites (tertiary alicyclic amines) is 1. The summed E-state index contributed by atoms with van der Waals surface area (Å²) in [5, 5.41) is 0. The Morgan fingerprint density at radius 2 is 2.24 bits per heavy atom. The molecule has 1 aromatic rings. The second-order valence-electron chi connectivity index (χ2n) is 5.09. The largest absolute Gasteiger partial charge is 0.330 e. The molecule has 94 valence electrons. The quantitative estimate of drug-likeness (QED) is 0.873. The maximum absolute atomic E-state index is 13.1. The van der Waals surface area contributed by atoms with Gasteiger partial charge in [-0.2, -0.15) is 0 Å². The third kappa shape index (κ3) is 3.27. The minimum atomic E-state index is -0.150. The van der Waals surface area contributed by atoms with Crippen molar-refractivity contribution in [3.05, 3.63) is 35.6 Å². The van der Waals surface area contributed by atoms with Crippen molar-refractivity contribution in [1.82, 2.24) is 4.90 Å². The van der Waals surface area contributed by atoms with Crippen LogP contribution in [0.25, 0.3) is 0 Å². The summed E-state index contributed by atoms with van der Waals surface area (Å²) in [7, 11) is 0. The molecule has 0 radical (unpaired) electrons. The second-order valence-corrected chi connectivity index (χ2v) is 5.09. The molecule has 2 nitrogen and oxygen atoms in total. The van der Waals surface area contributed by atoms with Gasteiger partial charge in [-0.05, 0) is 49.9 Å². The lowest BCUT2D eigenvalue weighted by Gasteiger charge is -2.37. The maximum Gasteiger partial charge on any atom is 0.123 e. The van der Waals surface area contributed by atoms with E-state index in [2.05, 4.69) is 11.8 Å². The van der Waals surface area contributed by atoms with Crippen LogP contribution in [0, 0.1) is 11.7 Å². The third-order valence-corrected chi connectivity index (χ3v) is 3.72. The summed E-state index contributed by atoms with van der Waals surface area (Å²) in [6, 6.07) is 7.45. The van der Waals surface area contributed by atoms with Gasteiger partial charge in [0.25, 0.3) is 0 Å². The van der Waals surface area contributed by atoms with Gasteiger partial charge in [0, 0.05) is 19.1 Å². The summed E-state index contributed by atoms with van der Waals surface area (Å²) < 4.78 is 13.1. The molecule has 0 saturated carbocycles. The normalized spacial score (nSPS) is 26.1. The average molecular weight is 236 g/mol. The second kappa shape index (κ2) is 5.61. The first kappa shape index (κ1) is 12.5. The lowest BCUT2D eigenvalue weighted by atomic mass is 9.93. The Kier molecular flexibility index (Phi) is 4.13. The smallest absolute Gasteiger partial charge is 0.123 e. The summed E-state index contributed by atoms with van der Waals surface area (Å²) in [6.45, 7) is 4.86. The molecule has 2 atom stereocenters. The highest BCUT2D eigenvalue weighted by Gasteiger charge is 2.24. The van der Waals surface area contributed by atoms with E-state index in [0.717, 1.165) is 25.2 Å². The molecule has 0 aliphatic carbocycles.